The average Bonchev–Trinajstić information content (AvgIpc) is 2.54. The van der Waals surface area contributed by atoms with Crippen LogP contribution in [0.1, 0.15) is 29.6 Å². The van der Waals surface area contributed by atoms with Gasteiger partial charge in [-0.15, -0.1) is 0 Å². The van der Waals surface area contributed by atoms with E-state index in [1.54, 1.807) is 6.07 Å². The molecule has 0 saturated carbocycles. The minimum atomic E-state index is -0.171. The molecule has 1 N–H and O–H groups in total. The van der Waals surface area contributed by atoms with Gasteiger partial charge in [-0.05, 0) is 33.1 Å². The lowest BCUT2D eigenvalue weighted by atomic mass is 10.1. The van der Waals surface area contributed by atoms with E-state index in [9.17, 15) is 4.79 Å². The molecular formula is C16H24ClN3O3. The van der Waals surface area contributed by atoms with E-state index < -0.39 is 0 Å². The van der Waals surface area contributed by atoms with E-state index in [-0.39, 0.29) is 12.0 Å². The Morgan fingerprint density at radius 1 is 1.48 bits per heavy atom. The molecule has 1 amide bonds. The summed E-state index contributed by atoms with van der Waals surface area (Å²) in [6.45, 7) is 2.93. The van der Waals surface area contributed by atoms with Crippen LogP contribution in [0.15, 0.2) is 12.3 Å². The lowest BCUT2D eigenvalue weighted by Gasteiger charge is -2.23. The van der Waals surface area contributed by atoms with Crippen molar-refractivity contribution >= 4 is 17.5 Å². The highest BCUT2D eigenvalue weighted by atomic mass is 35.5. The summed E-state index contributed by atoms with van der Waals surface area (Å²) in [6, 6.07) is 1.60. The predicted molar refractivity (Wildman–Crippen MR) is 89.2 cm³/mol. The molecule has 0 aliphatic carbocycles. The van der Waals surface area contributed by atoms with Crippen molar-refractivity contribution in [1.29, 1.82) is 0 Å². The van der Waals surface area contributed by atoms with Gasteiger partial charge in [-0.2, -0.15) is 0 Å². The molecule has 1 aromatic rings. The summed E-state index contributed by atoms with van der Waals surface area (Å²) < 4.78 is 11.1. The van der Waals surface area contributed by atoms with Crippen molar-refractivity contribution in [2.24, 2.45) is 0 Å². The van der Waals surface area contributed by atoms with Crippen molar-refractivity contribution in [2.75, 3.05) is 40.4 Å². The van der Waals surface area contributed by atoms with E-state index >= 15 is 0 Å². The number of aromatic nitrogens is 1. The van der Waals surface area contributed by atoms with E-state index in [0.29, 0.717) is 36.2 Å². The summed E-state index contributed by atoms with van der Waals surface area (Å²) in [5.74, 6) is 0.207. The maximum Gasteiger partial charge on any atom is 0.252 e. The Balaban J connectivity index is 1.86. The zero-order valence-electron chi connectivity index (χ0n) is 13.7. The lowest BCUT2D eigenvalue weighted by molar-refractivity contribution is 0.0238. The molecule has 2 heterocycles. The molecule has 2 rings (SSSR count). The molecule has 1 aliphatic rings. The largest absolute Gasteiger partial charge is 0.473 e. The maximum absolute atomic E-state index is 12.1. The number of hydrogen-bond donors (Lipinski definition) is 1. The molecule has 1 aromatic heterocycles. The van der Waals surface area contributed by atoms with E-state index in [1.165, 1.54) is 6.20 Å². The number of carbonyl (C=O) groups excluding carboxylic acids is 1. The van der Waals surface area contributed by atoms with E-state index in [1.807, 2.05) is 14.1 Å². The monoisotopic (exact) mass is 341 g/mol. The number of halogens is 1. The van der Waals surface area contributed by atoms with Crippen LogP contribution in [0.4, 0.5) is 0 Å². The SMILES string of the molecule is CN(C)CCCNC(=O)c1cnc(OC2CCOCC2)c(Cl)c1. The zero-order chi connectivity index (χ0) is 16.7. The molecule has 0 radical (unpaired) electrons. The summed E-state index contributed by atoms with van der Waals surface area (Å²) in [5, 5.41) is 3.22. The van der Waals surface area contributed by atoms with Crippen LogP contribution in [0, 0.1) is 0 Å². The number of hydrogen-bond acceptors (Lipinski definition) is 5. The van der Waals surface area contributed by atoms with E-state index in [2.05, 4.69) is 15.2 Å². The first-order chi connectivity index (χ1) is 11.1. The lowest BCUT2D eigenvalue weighted by Crippen LogP contribution is -2.28. The van der Waals surface area contributed by atoms with Gasteiger partial charge in [0, 0.05) is 25.6 Å². The number of carbonyl (C=O) groups is 1. The number of nitrogens with zero attached hydrogens (tertiary/aromatic N) is 2. The van der Waals surface area contributed by atoms with Crippen LogP contribution in [0.5, 0.6) is 5.88 Å². The Morgan fingerprint density at radius 3 is 2.87 bits per heavy atom. The number of nitrogens with one attached hydrogen (secondary N) is 1. The van der Waals surface area contributed by atoms with Crippen LogP contribution in [0.3, 0.4) is 0 Å². The second-order valence-corrected chi connectivity index (χ2v) is 6.26. The Bertz CT molecular complexity index is 519. The summed E-state index contributed by atoms with van der Waals surface area (Å²) >= 11 is 6.19. The highest BCUT2D eigenvalue weighted by Gasteiger charge is 2.18. The standard InChI is InChI=1S/C16H24ClN3O3/c1-20(2)7-3-6-18-15(21)12-10-14(17)16(19-11-12)23-13-4-8-22-9-5-13/h10-11,13H,3-9H2,1-2H3,(H,18,21). The number of amides is 1. The summed E-state index contributed by atoms with van der Waals surface area (Å²) in [7, 11) is 4.01. The average molecular weight is 342 g/mol. The summed E-state index contributed by atoms with van der Waals surface area (Å²) in [4.78, 5) is 18.3. The van der Waals surface area contributed by atoms with Gasteiger partial charge in [-0.3, -0.25) is 4.79 Å². The molecule has 1 aliphatic heterocycles. The molecule has 0 atom stereocenters. The second kappa shape index (κ2) is 9.05. The highest BCUT2D eigenvalue weighted by molar-refractivity contribution is 6.32. The first-order valence-electron chi connectivity index (χ1n) is 7.89. The third-order valence-corrected chi connectivity index (χ3v) is 3.85. The minimum absolute atomic E-state index is 0.0689. The Hall–Kier alpha value is -1.37. The number of ether oxygens (including phenoxy) is 2. The predicted octanol–water partition coefficient (Wildman–Crippen LogP) is 1.97. The third kappa shape index (κ3) is 5.97. The fourth-order valence-electron chi connectivity index (χ4n) is 2.29. The topological polar surface area (TPSA) is 63.7 Å². The molecular weight excluding hydrogens is 318 g/mol. The molecule has 1 fully saturated rings. The molecule has 23 heavy (non-hydrogen) atoms. The van der Waals surface area contributed by atoms with Gasteiger partial charge in [-0.25, -0.2) is 4.98 Å². The van der Waals surface area contributed by atoms with Crippen molar-refractivity contribution in [3.8, 4) is 5.88 Å². The molecule has 128 valence electrons. The van der Waals surface area contributed by atoms with Gasteiger partial charge in [0.2, 0.25) is 5.88 Å². The van der Waals surface area contributed by atoms with Crippen LogP contribution in [0.25, 0.3) is 0 Å². The first kappa shape index (κ1) is 18.0. The summed E-state index contributed by atoms with van der Waals surface area (Å²) in [6.07, 6.45) is 4.12. The molecule has 0 spiro atoms. The molecule has 0 unspecified atom stereocenters. The van der Waals surface area contributed by atoms with Gasteiger partial charge in [0.05, 0.1) is 18.8 Å². The Labute approximate surface area is 142 Å². The van der Waals surface area contributed by atoms with Crippen molar-refractivity contribution in [2.45, 2.75) is 25.4 Å². The number of rotatable bonds is 7. The molecule has 0 aromatic carbocycles. The van der Waals surface area contributed by atoms with E-state index in [4.69, 9.17) is 21.1 Å². The van der Waals surface area contributed by atoms with E-state index in [0.717, 1.165) is 25.8 Å². The minimum Gasteiger partial charge on any atom is -0.473 e. The molecule has 1 saturated heterocycles. The molecule has 0 bridgehead atoms. The van der Waals surface area contributed by atoms with Crippen molar-refractivity contribution < 1.29 is 14.3 Å². The van der Waals surface area contributed by atoms with Gasteiger partial charge in [0.1, 0.15) is 11.1 Å². The van der Waals surface area contributed by atoms with Crippen molar-refractivity contribution in [1.82, 2.24) is 15.2 Å². The smallest absolute Gasteiger partial charge is 0.252 e. The van der Waals surface area contributed by atoms with Crippen LogP contribution in [-0.2, 0) is 4.74 Å². The number of pyridine rings is 1. The molecule has 7 heteroatoms. The third-order valence-electron chi connectivity index (χ3n) is 3.58. The van der Waals surface area contributed by atoms with Crippen LogP contribution in [-0.4, -0.2) is 62.3 Å². The maximum atomic E-state index is 12.1. The second-order valence-electron chi connectivity index (χ2n) is 5.85. The highest BCUT2D eigenvalue weighted by Crippen LogP contribution is 2.25. The van der Waals surface area contributed by atoms with Gasteiger partial charge >= 0.3 is 0 Å². The summed E-state index contributed by atoms with van der Waals surface area (Å²) in [5.41, 5.74) is 0.444. The van der Waals surface area contributed by atoms with Gasteiger partial charge in [0.25, 0.3) is 5.91 Å². The van der Waals surface area contributed by atoms with Gasteiger partial charge in [0.15, 0.2) is 0 Å². The Kier molecular flexibility index (Phi) is 7.08. The van der Waals surface area contributed by atoms with Crippen LogP contribution in [0.2, 0.25) is 5.02 Å². The quantitative estimate of drug-likeness (QED) is 0.768. The molecule has 6 nitrogen and oxygen atoms in total. The normalized spacial score (nSPS) is 15.7. The van der Waals surface area contributed by atoms with Crippen molar-refractivity contribution in [3.05, 3.63) is 22.8 Å². The van der Waals surface area contributed by atoms with Crippen LogP contribution < -0.4 is 10.1 Å². The van der Waals surface area contributed by atoms with Crippen LogP contribution >= 0.6 is 11.6 Å². The fraction of sp³-hybridized carbons (Fsp3) is 0.625. The zero-order valence-corrected chi connectivity index (χ0v) is 14.4. The Morgan fingerprint density at radius 2 is 2.22 bits per heavy atom. The first-order valence-corrected chi connectivity index (χ1v) is 8.27. The fourth-order valence-corrected chi connectivity index (χ4v) is 2.50. The van der Waals surface area contributed by atoms with Crippen molar-refractivity contribution in [3.63, 3.8) is 0 Å². The van der Waals surface area contributed by atoms with Gasteiger partial charge < -0.3 is 19.7 Å². The van der Waals surface area contributed by atoms with Gasteiger partial charge in [-0.1, -0.05) is 11.6 Å².